The van der Waals surface area contributed by atoms with Crippen molar-refractivity contribution in [3.63, 3.8) is 0 Å². The van der Waals surface area contributed by atoms with E-state index >= 15 is 0 Å². The summed E-state index contributed by atoms with van der Waals surface area (Å²) < 4.78 is 26.0. The zero-order valence-corrected chi connectivity index (χ0v) is 25.3. The van der Waals surface area contributed by atoms with Crippen molar-refractivity contribution in [3.8, 4) is 18.0 Å². The van der Waals surface area contributed by atoms with E-state index in [1.807, 2.05) is 27.7 Å². The number of hydrogen-bond acceptors (Lipinski definition) is 11. The summed E-state index contributed by atoms with van der Waals surface area (Å²) in [5.41, 5.74) is 0. The summed E-state index contributed by atoms with van der Waals surface area (Å²) >= 11 is 0. The molecule has 0 spiro atoms. The molecule has 16 N–H and O–H groups in total. The molecule has 0 radical (unpaired) electrons. The van der Waals surface area contributed by atoms with Crippen LogP contribution >= 0.6 is 0 Å². The molecule has 0 atom stereocenters. The van der Waals surface area contributed by atoms with Gasteiger partial charge in [-0.3, -0.25) is 0 Å². The molecule has 206 valence electrons. The fraction of sp³-hybridized carbons (Fsp3) is 0.667. The maximum atomic E-state index is 7.38. The van der Waals surface area contributed by atoms with Gasteiger partial charge in [-0.05, 0) is 27.7 Å². The van der Waals surface area contributed by atoms with E-state index in [4.69, 9.17) is 58.5 Å². The molecule has 0 aromatic rings. The second kappa shape index (κ2) is 53.7. The first-order valence-corrected chi connectivity index (χ1v) is 15.0. The average Bonchev–Trinajstić information content (AvgIpc) is 2.57. The zero-order chi connectivity index (χ0) is 24.2. The van der Waals surface area contributed by atoms with Crippen LogP contribution < -0.4 is 0 Å². The monoisotopic (exact) mass is 607 g/mol. The van der Waals surface area contributed by atoms with E-state index in [0.29, 0.717) is 26.4 Å². The molecule has 0 fully saturated rings. The quantitative estimate of drug-likeness (QED) is 0.111. The van der Waals surface area contributed by atoms with Crippen molar-refractivity contribution in [2.45, 2.75) is 27.7 Å². The van der Waals surface area contributed by atoms with Crippen molar-refractivity contribution in [3.05, 3.63) is 6.00 Å². The molecule has 22 heteroatoms. The Morgan fingerprint density at radius 2 is 0.824 bits per heavy atom. The van der Waals surface area contributed by atoms with Crippen molar-refractivity contribution in [2.24, 2.45) is 0 Å². The Labute approximate surface area is 211 Å². The van der Waals surface area contributed by atoms with Crippen molar-refractivity contribution in [1.82, 2.24) is 0 Å². The van der Waals surface area contributed by atoms with Crippen molar-refractivity contribution in [1.29, 1.82) is 0 Å². The van der Waals surface area contributed by atoms with Crippen LogP contribution in [-0.2, 0) is 21.8 Å². The van der Waals surface area contributed by atoms with Crippen molar-refractivity contribution < 1.29 is 78.0 Å². The van der Waals surface area contributed by atoms with Crippen LogP contribution in [0.1, 0.15) is 27.7 Å². The van der Waals surface area contributed by atoms with E-state index < -0.39 is 36.5 Å². The van der Waals surface area contributed by atoms with Gasteiger partial charge in [0.2, 0.25) is 18.4 Å². The molecule has 0 aliphatic heterocycles. The minimum absolute atomic E-state index is 0. The first-order chi connectivity index (χ1) is 13.5. The van der Waals surface area contributed by atoms with Crippen LogP contribution in [0.4, 0.5) is 0 Å². The third kappa shape index (κ3) is 95.6. The molecule has 0 aromatic carbocycles. The van der Waals surface area contributed by atoms with Crippen LogP contribution in [0.5, 0.6) is 0 Å². The van der Waals surface area contributed by atoms with E-state index in [-0.39, 0.29) is 45.8 Å². The molecule has 0 aliphatic rings. The van der Waals surface area contributed by atoms with Gasteiger partial charge in [0.15, 0.2) is 0 Å². The molecule has 0 amide bonds. The SMILES string of the molecule is C#[Si]O.C#[Si]O.CCO[Si](OCC)(OCC)OCC.O.O.O.O.O.O[Si](O)(O)O.[C+]#[Si]O[Si]#C. The van der Waals surface area contributed by atoms with Crippen molar-refractivity contribution >= 4 is 54.9 Å². The Balaban J connectivity index is -0.0000000293. The third-order valence-electron chi connectivity index (χ3n) is 1.39. The summed E-state index contributed by atoms with van der Waals surface area (Å²) in [7, 11) is -8.46. The fourth-order valence-electron chi connectivity index (χ4n) is 0.987. The van der Waals surface area contributed by atoms with Gasteiger partial charge in [-0.2, -0.15) is 0 Å². The van der Waals surface area contributed by atoms with Crippen LogP contribution in [0, 0.1) is 24.0 Å². The summed E-state index contributed by atoms with van der Waals surface area (Å²) in [5, 5.41) is 0. The van der Waals surface area contributed by atoms with Crippen LogP contribution in [0.3, 0.4) is 0 Å². The van der Waals surface area contributed by atoms with Crippen LogP contribution in [0.15, 0.2) is 0 Å². The molecule has 0 bridgehead atoms. The second-order valence-corrected chi connectivity index (χ2v) is 8.54. The molecule has 0 saturated heterocycles. The van der Waals surface area contributed by atoms with Crippen LogP contribution in [0.25, 0.3) is 0 Å². The van der Waals surface area contributed by atoms with E-state index in [1.165, 1.54) is 0 Å². The molecule has 16 nitrogen and oxygen atoms in total. The molecule has 0 saturated carbocycles. The minimum atomic E-state index is -4.61. The van der Waals surface area contributed by atoms with Gasteiger partial charge in [-0.1, -0.05) is 0 Å². The van der Waals surface area contributed by atoms with E-state index in [2.05, 4.69) is 16.1 Å². The predicted octanol–water partition coefficient (Wildman–Crippen LogP) is -7.41. The van der Waals surface area contributed by atoms with Crippen LogP contribution in [-0.4, -0.2) is 137 Å². The van der Waals surface area contributed by atoms with Crippen LogP contribution in [0.2, 0.25) is 0 Å². The van der Waals surface area contributed by atoms with Gasteiger partial charge in [0, 0.05) is 26.4 Å². The Bertz CT molecular complexity index is 436. The van der Waals surface area contributed by atoms with Gasteiger partial charge >= 0.3 is 52.6 Å². The van der Waals surface area contributed by atoms with Crippen molar-refractivity contribution in [2.75, 3.05) is 26.4 Å². The van der Waals surface area contributed by atoms with E-state index in [0.717, 1.165) is 0 Å². The number of rotatable bonds is 8. The normalized spacial score (nSPS) is 7.38. The molecule has 0 aromatic heterocycles. The third-order valence-corrected chi connectivity index (χ3v) is 4.84. The van der Waals surface area contributed by atoms with E-state index in [9.17, 15) is 0 Å². The molecular weight excluding hydrogens is 569 g/mol. The van der Waals surface area contributed by atoms with Gasteiger partial charge < -0.3 is 73.9 Å². The fourth-order valence-corrected chi connectivity index (χ4v) is 3.14. The number of hydrogen-bond donors (Lipinski definition) is 6. The van der Waals surface area contributed by atoms with Gasteiger partial charge in [0.05, 0.1) is 0 Å². The molecule has 0 unspecified atom stereocenters. The molecule has 0 heterocycles. The molecule has 0 rings (SSSR count). The summed E-state index contributed by atoms with van der Waals surface area (Å²) in [6.45, 7) is 9.80. The molecule has 0 aliphatic carbocycles. The topological polar surface area (TPSA) is 325 Å². The summed E-state index contributed by atoms with van der Waals surface area (Å²) in [6.07, 6.45) is 0. The van der Waals surface area contributed by atoms with Gasteiger partial charge in [-0.15, -0.1) is 12.0 Å². The van der Waals surface area contributed by atoms with Gasteiger partial charge in [-0.25, -0.2) is 0 Å². The predicted molar refractivity (Wildman–Crippen MR) is 132 cm³/mol. The summed E-state index contributed by atoms with van der Waals surface area (Å²) in [4.78, 5) is 44.1. The Kier molecular flexibility index (Phi) is 101. The molecule has 34 heavy (non-hydrogen) atoms. The first kappa shape index (κ1) is 64.1. The Morgan fingerprint density at radius 1 is 0.647 bits per heavy atom. The molecular formula is C12H39O16Si6+. The average molecular weight is 608 g/mol. The van der Waals surface area contributed by atoms with Gasteiger partial charge in [0.1, 0.15) is 0 Å². The Hall–Kier alpha value is -0.479. The van der Waals surface area contributed by atoms with Gasteiger partial charge in [0.25, 0.3) is 0 Å². The standard InChI is InChI=1S/C8H20O4Si.C2HOSi2.2CH2OSi.H4O4Si.5H2O/c1-5-9-13(10-6-2,11-7-3)12-8-4;1-4-3-5-2;2*1-3-2;1-5(2,3)4;;;;;/h5-8H2,1-4H3;1H;2*1-2H;1-4H;5*1H2/q;+1;;;;;;;;. The van der Waals surface area contributed by atoms with E-state index in [1.54, 1.807) is 0 Å². The first-order valence-electron chi connectivity index (χ1n) is 7.67. The Morgan fingerprint density at radius 3 is 0.882 bits per heavy atom. The zero-order valence-electron chi connectivity index (χ0n) is 19.3. The summed E-state index contributed by atoms with van der Waals surface area (Å²) in [6, 6.07) is 20.0. The second-order valence-electron chi connectivity index (χ2n) is 3.41. The summed E-state index contributed by atoms with van der Waals surface area (Å²) in [5.74, 6) is 0. The maximum absolute atomic E-state index is 7.38.